The molecule has 2 aromatic carbocycles. The van der Waals surface area contributed by atoms with E-state index in [0.29, 0.717) is 5.92 Å². The van der Waals surface area contributed by atoms with E-state index in [2.05, 4.69) is 58.8 Å². The van der Waals surface area contributed by atoms with Gasteiger partial charge < -0.3 is 5.32 Å². The molecule has 3 nitrogen and oxygen atoms in total. The van der Waals surface area contributed by atoms with E-state index in [1.54, 1.807) is 0 Å². The van der Waals surface area contributed by atoms with Crippen LogP contribution in [0.3, 0.4) is 0 Å². The first-order chi connectivity index (χ1) is 11.3. The highest BCUT2D eigenvalue weighted by atomic mass is 35.5. The SMILES string of the molecule is CCNCC(c1ccc(Cl)cc1)c1ccc(-c2cn[nH]c2)cc1. The van der Waals surface area contributed by atoms with Gasteiger partial charge in [-0.2, -0.15) is 5.10 Å². The van der Waals surface area contributed by atoms with E-state index in [9.17, 15) is 0 Å². The molecule has 0 saturated heterocycles. The van der Waals surface area contributed by atoms with E-state index in [0.717, 1.165) is 23.7 Å². The highest BCUT2D eigenvalue weighted by molar-refractivity contribution is 6.30. The molecular weight excluding hydrogens is 306 g/mol. The monoisotopic (exact) mass is 325 g/mol. The molecule has 4 heteroatoms. The molecule has 0 radical (unpaired) electrons. The van der Waals surface area contributed by atoms with Crippen molar-refractivity contribution in [1.29, 1.82) is 0 Å². The number of rotatable bonds is 6. The number of benzene rings is 2. The number of aromatic nitrogens is 2. The molecule has 0 aliphatic rings. The number of hydrogen-bond donors (Lipinski definition) is 2. The Hall–Kier alpha value is -2.10. The van der Waals surface area contributed by atoms with Crippen LogP contribution in [0, 0.1) is 0 Å². The second kappa shape index (κ2) is 7.44. The van der Waals surface area contributed by atoms with Crippen LogP contribution in [-0.2, 0) is 0 Å². The fraction of sp³-hybridized carbons (Fsp3) is 0.211. The minimum Gasteiger partial charge on any atom is -0.316 e. The zero-order valence-corrected chi connectivity index (χ0v) is 13.8. The average Bonchev–Trinajstić information content (AvgIpc) is 3.12. The highest BCUT2D eigenvalue weighted by Gasteiger charge is 2.14. The smallest absolute Gasteiger partial charge is 0.0565 e. The maximum absolute atomic E-state index is 6.02. The predicted molar refractivity (Wildman–Crippen MR) is 95.9 cm³/mol. The largest absolute Gasteiger partial charge is 0.316 e. The Kier molecular flexibility index (Phi) is 5.11. The van der Waals surface area contributed by atoms with Crippen molar-refractivity contribution >= 4 is 11.6 Å². The molecule has 1 aromatic heterocycles. The summed E-state index contributed by atoms with van der Waals surface area (Å²) in [6, 6.07) is 16.8. The summed E-state index contributed by atoms with van der Waals surface area (Å²) in [6.45, 7) is 3.99. The van der Waals surface area contributed by atoms with Gasteiger partial charge in [0.25, 0.3) is 0 Å². The third kappa shape index (κ3) is 3.81. The van der Waals surface area contributed by atoms with Crippen LogP contribution < -0.4 is 5.32 Å². The first kappa shape index (κ1) is 15.8. The van der Waals surface area contributed by atoms with Crippen LogP contribution in [-0.4, -0.2) is 23.3 Å². The van der Waals surface area contributed by atoms with Crippen molar-refractivity contribution in [3.8, 4) is 11.1 Å². The Morgan fingerprint density at radius 3 is 2.22 bits per heavy atom. The number of nitrogens with one attached hydrogen (secondary N) is 2. The molecule has 3 aromatic rings. The van der Waals surface area contributed by atoms with Gasteiger partial charge in [-0.15, -0.1) is 0 Å². The Morgan fingerprint density at radius 1 is 1.00 bits per heavy atom. The van der Waals surface area contributed by atoms with Crippen molar-refractivity contribution in [3.63, 3.8) is 0 Å². The van der Waals surface area contributed by atoms with Crippen LogP contribution >= 0.6 is 11.6 Å². The maximum Gasteiger partial charge on any atom is 0.0565 e. The van der Waals surface area contributed by atoms with Crippen LogP contribution in [0.1, 0.15) is 24.0 Å². The lowest BCUT2D eigenvalue weighted by Gasteiger charge is -2.19. The molecule has 0 bridgehead atoms. The zero-order valence-electron chi connectivity index (χ0n) is 13.1. The summed E-state index contributed by atoms with van der Waals surface area (Å²) in [6.07, 6.45) is 3.74. The van der Waals surface area contributed by atoms with Crippen LogP contribution in [0.15, 0.2) is 60.9 Å². The number of H-pyrrole nitrogens is 1. The summed E-state index contributed by atoms with van der Waals surface area (Å²) in [5, 5.41) is 11.1. The Bertz CT molecular complexity index is 718. The lowest BCUT2D eigenvalue weighted by atomic mass is 9.90. The maximum atomic E-state index is 6.02. The third-order valence-electron chi connectivity index (χ3n) is 4.02. The van der Waals surface area contributed by atoms with Crippen molar-refractivity contribution in [2.45, 2.75) is 12.8 Å². The van der Waals surface area contributed by atoms with Gasteiger partial charge in [0.15, 0.2) is 0 Å². The van der Waals surface area contributed by atoms with Crippen molar-refractivity contribution < 1.29 is 0 Å². The summed E-state index contributed by atoms with van der Waals surface area (Å²) in [5.41, 5.74) is 4.83. The standard InChI is InChI=1S/C19H20ClN3/c1-2-21-13-19(16-7-9-18(20)10-8-16)15-5-3-14(4-6-15)17-11-22-23-12-17/h3-12,19,21H,2,13H2,1H3,(H,22,23). The van der Waals surface area contributed by atoms with Crippen LogP contribution in [0.4, 0.5) is 0 Å². The first-order valence-electron chi connectivity index (χ1n) is 7.83. The molecule has 0 aliphatic heterocycles. The normalized spacial score (nSPS) is 12.3. The van der Waals surface area contributed by atoms with Crippen molar-refractivity contribution in [1.82, 2.24) is 15.5 Å². The third-order valence-corrected chi connectivity index (χ3v) is 4.27. The van der Waals surface area contributed by atoms with E-state index >= 15 is 0 Å². The lowest BCUT2D eigenvalue weighted by molar-refractivity contribution is 0.658. The second-order valence-corrected chi connectivity index (χ2v) is 5.96. The summed E-state index contributed by atoms with van der Waals surface area (Å²) in [5.74, 6) is 0.311. The summed E-state index contributed by atoms with van der Waals surface area (Å²) in [4.78, 5) is 0. The Morgan fingerprint density at radius 2 is 1.65 bits per heavy atom. The summed E-state index contributed by atoms with van der Waals surface area (Å²) in [7, 11) is 0. The molecule has 0 amide bonds. The van der Waals surface area contributed by atoms with Crippen molar-refractivity contribution in [2.24, 2.45) is 0 Å². The van der Waals surface area contributed by atoms with Gasteiger partial charge in [-0.1, -0.05) is 54.9 Å². The van der Waals surface area contributed by atoms with E-state index in [1.165, 1.54) is 16.7 Å². The molecular formula is C19H20ClN3. The molecule has 23 heavy (non-hydrogen) atoms. The second-order valence-electron chi connectivity index (χ2n) is 5.52. The van der Waals surface area contributed by atoms with Gasteiger partial charge in [0.05, 0.1) is 6.20 Å². The molecule has 0 aliphatic carbocycles. The minimum absolute atomic E-state index is 0.311. The fourth-order valence-electron chi connectivity index (χ4n) is 2.73. The van der Waals surface area contributed by atoms with Crippen LogP contribution in [0.2, 0.25) is 5.02 Å². The quantitative estimate of drug-likeness (QED) is 0.702. The molecule has 1 heterocycles. The number of likely N-dealkylation sites (N-methyl/N-ethyl adjacent to an activating group) is 1. The molecule has 118 valence electrons. The predicted octanol–water partition coefficient (Wildman–Crippen LogP) is 4.47. The molecule has 0 saturated carbocycles. The molecule has 1 unspecified atom stereocenters. The van der Waals surface area contributed by atoms with Gasteiger partial charge in [-0.25, -0.2) is 0 Å². The Labute approximate surface area is 141 Å². The van der Waals surface area contributed by atoms with Crippen LogP contribution in [0.5, 0.6) is 0 Å². The van der Waals surface area contributed by atoms with Gasteiger partial charge >= 0.3 is 0 Å². The number of hydrogen-bond acceptors (Lipinski definition) is 2. The van der Waals surface area contributed by atoms with Gasteiger partial charge in [0.1, 0.15) is 0 Å². The zero-order chi connectivity index (χ0) is 16.1. The van der Waals surface area contributed by atoms with Gasteiger partial charge in [0, 0.05) is 29.2 Å². The fourth-order valence-corrected chi connectivity index (χ4v) is 2.85. The number of aromatic amines is 1. The van der Waals surface area contributed by atoms with Crippen LogP contribution in [0.25, 0.3) is 11.1 Å². The summed E-state index contributed by atoms with van der Waals surface area (Å²) < 4.78 is 0. The van der Waals surface area contributed by atoms with Gasteiger partial charge in [-0.05, 0) is 35.4 Å². The molecule has 2 N–H and O–H groups in total. The van der Waals surface area contributed by atoms with E-state index in [1.807, 2.05) is 24.5 Å². The topological polar surface area (TPSA) is 40.7 Å². The van der Waals surface area contributed by atoms with E-state index < -0.39 is 0 Å². The number of halogens is 1. The Balaban J connectivity index is 1.88. The molecule has 0 spiro atoms. The first-order valence-corrected chi connectivity index (χ1v) is 8.21. The van der Waals surface area contributed by atoms with E-state index in [4.69, 9.17) is 11.6 Å². The van der Waals surface area contributed by atoms with Gasteiger partial charge in [0.2, 0.25) is 0 Å². The lowest BCUT2D eigenvalue weighted by Crippen LogP contribution is -2.22. The average molecular weight is 326 g/mol. The number of nitrogens with zero attached hydrogens (tertiary/aromatic N) is 1. The van der Waals surface area contributed by atoms with Gasteiger partial charge in [-0.3, -0.25) is 5.10 Å². The van der Waals surface area contributed by atoms with Crippen molar-refractivity contribution in [2.75, 3.05) is 13.1 Å². The molecule has 0 fully saturated rings. The summed E-state index contributed by atoms with van der Waals surface area (Å²) >= 11 is 6.02. The van der Waals surface area contributed by atoms with Crippen molar-refractivity contribution in [3.05, 3.63) is 77.1 Å². The van der Waals surface area contributed by atoms with E-state index in [-0.39, 0.29) is 0 Å². The molecule has 1 atom stereocenters. The molecule has 3 rings (SSSR count). The highest BCUT2D eigenvalue weighted by Crippen LogP contribution is 2.27. The minimum atomic E-state index is 0.311.